The highest BCUT2D eigenvalue weighted by Gasteiger charge is 2.22. The molecule has 18 heavy (non-hydrogen) atoms. The molecule has 1 aromatic heterocycles. The number of carbonyl (C=O) groups is 1. The van der Waals surface area contributed by atoms with Gasteiger partial charge < -0.3 is 10.1 Å². The van der Waals surface area contributed by atoms with Crippen LogP contribution in [0.5, 0.6) is 5.75 Å². The third-order valence-corrected chi connectivity index (χ3v) is 3.00. The van der Waals surface area contributed by atoms with Gasteiger partial charge in [0, 0.05) is 24.4 Å². The van der Waals surface area contributed by atoms with Gasteiger partial charge in [-0.25, -0.2) is 9.78 Å². The third kappa shape index (κ3) is 1.95. The Balaban J connectivity index is 1.80. The summed E-state index contributed by atoms with van der Waals surface area (Å²) in [6.45, 7) is 0.617. The summed E-state index contributed by atoms with van der Waals surface area (Å²) >= 11 is 0. The van der Waals surface area contributed by atoms with Crippen LogP contribution in [0.25, 0.3) is 0 Å². The van der Waals surface area contributed by atoms with Crippen LogP contribution in [0.15, 0.2) is 43.0 Å². The van der Waals surface area contributed by atoms with Crippen LogP contribution in [0.4, 0.5) is 4.79 Å². The van der Waals surface area contributed by atoms with Crippen LogP contribution in [0.3, 0.4) is 0 Å². The summed E-state index contributed by atoms with van der Waals surface area (Å²) in [5.74, 6) is 0.847. The number of para-hydroxylation sites is 1. The van der Waals surface area contributed by atoms with Crippen molar-refractivity contribution in [1.82, 2.24) is 14.9 Å². The Kier molecular flexibility index (Phi) is 2.72. The minimum Gasteiger partial charge on any atom is -0.493 e. The topological polar surface area (TPSA) is 56.1 Å². The van der Waals surface area contributed by atoms with Gasteiger partial charge in [-0.1, -0.05) is 18.2 Å². The summed E-state index contributed by atoms with van der Waals surface area (Å²) in [6.07, 6.45) is 5.47. The molecular weight excluding hydrogens is 230 g/mol. The largest absolute Gasteiger partial charge is 0.493 e. The molecule has 2 aromatic rings. The lowest BCUT2D eigenvalue weighted by atomic mass is 10.0. The molecule has 0 radical (unpaired) electrons. The average molecular weight is 243 g/mol. The molecular formula is C13H13N3O2. The molecule has 0 fully saturated rings. The first-order chi connectivity index (χ1) is 8.84. The zero-order valence-corrected chi connectivity index (χ0v) is 9.74. The van der Waals surface area contributed by atoms with Gasteiger partial charge in [0.05, 0.1) is 12.6 Å². The van der Waals surface area contributed by atoms with Gasteiger partial charge in [0.1, 0.15) is 12.1 Å². The van der Waals surface area contributed by atoms with Gasteiger partial charge in [0.25, 0.3) is 0 Å². The number of rotatable bonds is 1. The second-order valence-electron chi connectivity index (χ2n) is 4.15. The van der Waals surface area contributed by atoms with Gasteiger partial charge in [0.15, 0.2) is 0 Å². The predicted molar refractivity (Wildman–Crippen MR) is 65.5 cm³/mol. The molecule has 3 rings (SSSR count). The second-order valence-corrected chi connectivity index (χ2v) is 4.15. The van der Waals surface area contributed by atoms with Crippen LogP contribution in [0, 0.1) is 0 Å². The molecule has 0 bridgehead atoms. The minimum absolute atomic E-state index is 0.00940. The molecule has 1 aromatic carbocycles. The van der Waals surface area contributed by atoms with Crippen LogP contribution in [0.2, 0.25) is 0 Å². The van der Waals surface area contributed by atoms with Crippen molar-refractivity contribution >= 4 is 6.03 Å². The monoisotopic (exact) mass is 243 g/mol. The molecule has 0 saturated heterocycles. The Morgan fingerprint density at radius 3 is 3.17 bits per heavy atom. The van der Waals surface area contributed by atoms with Crippen molar-refractivity contribution in [2.45, 2.75) is 12.5 Å². The zero-order chi connectivity index (χ0) is 12.4. The van der Waals surface area contributed by atoms with Crippen molar-refractivity contribution in [2.75, 3.05) is 6.61 Å². The van der Waals surface area contributed by atoms with E-state index in [-0.39, 0.29) is 12.1 Å². The Labute approximate surface area is 104 Å². The first-order valence-electron chi connectivity index (χ1n) is 5.85. The summed E-state index contributed by atoms with van der Waals surface area (Å²) in [6, 6.07) is 7.60. The first-order valence-corrected chi connectivity index (χ1v) is 5.85. The maximum absolute atomic E-state index is 12.0. The number of imidazole rings is 1. The zero-order valence-electron chi connectivity index (χ0n) is 9.74. The number of fused-ring (bicyclic) bond motifs is 1. The Hall–Kier alpha value is -2.30. The van der Waals surface area contributed by atoms with Gasteiger partial charge in [0.2, 0.25) is 0 Å². The maximum atomic E-state index is 12.0. The highest BCUT2D eigenvalue weighted by atomic mass is 16.5. The molecule has 92 valence electrons. The summed E-state index contributed by atoms with van der Waals surface area (Å²) in [4.78, 5) is 15.8. The van der Waals surface area contributed by atoms with Gasteiger partial charge >= 0.3 is 6.03 Å². The molecule has 0 saturated carbocycles. The van der Waals surface area contributed by atoms with Crippen LogP contribution in [-0.2, 0) is 0 Å². The Morgan fingerprint density at radius 1 is 1.44 bits per heavy atom. The van der Waals surface area contributed by atoms with Gasteiger partial charge in [-0.15, -0.1) is 0 Å². The van der Waals surface area contributed by atoms with Crippen molar-refractivity contribution in [1.29, 1.82) is 0 Å². The van der Waals surface area contributed by atoms with E-state index in [0.717, 1.165) is 17.7 Å². The fraction of sp³-hybridized carbons (Fsp3) is 0.231. The summed E-state index contributed by atoms with van der Waals surface area (Å²) in [5, 5.41) is 2.98. The molecule has 1 atom stereocenters. The smallest absolute Gasteiger partial charge is 0.327 e. The average Bonchev–Trinajstić information content (AvgIpc) is 2.93. The summed E-state index contributed by atoms with van der Waals surface area (Å²) in [7, 11) is 0. The first kappa shape index (κ1) is 10.8. The lowest BCUT2D eigenvalue weighted by Crippen LogP contribution is -2.34. The van der Waals surface area contributed by atoms with E-state index in [2.05, 4.69) is 10.3 Å². The molecule has 1 aliphatic rings. The van der Waals surface area contributed by atoms with Crippen LogP contribution in [-0.4, -0.2) is 22.2 Å². The van der Waals surface area contributed by atoms with E-state index in [1.54, 1.807) is 12.4 Å². The maximum Gasteiger partial charge on any atom is 0.327 e. The molecule has 0 unspecified atom stereocenters. The van der Waals surface area contributed by atoms with Gasteiger partial charge in [-0.2, -0.15) is 0 Å². The van der Waals surface area contributed by atoms with Gasteiger partial charge in [-0.05, 0) is 6.07 Å². The number of nitrogens with one attached hydrogen (secondary N) is 1. The molecule has 2 heterocycles. The number of benzene rings is 1. The van der Waals surface area contributed by atoms with Crippen molar-refractivity contribution in [3.05, 3.63) is 48.5 Å². The fourth-order valence-corrected chi connectivity index (χ4v) is 2.09. The number of carbonyl (C=O) groups excluding carboxylic acids is 1. The fourth-order valence-electron chi connectivity index (χ4n) is 2.09. The van der Waals surface area contributed by atoms with E-state index in [4.69, 9.17) is 4.74 Å². The van der Waals surface area contributed by atoms with Crippen molar-refractivity contribution in [2.24, 2.45) is 0 Å². The van der Waals surface area contributed by atoms with Gasteiger partial charge in [-0.3, -0.25) is 4.57 Å². The molecule has 5 heteroatoms. The molecule has 0 spiro atoms. The Morgan fingerprint density at radius 2 is 2.33 bits per heavy atom. The standard InChI is InChI=1S/C13H13N3O2/c17-13(16-7-6-14-9-16)15-11-5-8-18-12-4-2-1-3-10(11)12/h1-4,6-7,9,11H,5,8H2,(H,15,17)/t11-/m0/s1. The molecule has 1 aliphatic heterocycles. The SMILES string of the molecule is O=C(N[C@H]1CCOc2ccccc21)n1ccnc1. The highest BCUT2D eigenvalue weighted by molar-refractivity contribution is 5.77. The quantitative estimate of drug-likeness (QED) is 0.833. The third-order valence-electron chi connectivity index (χ3n) is 3.00. The van der Waals surface area contributed by atoms with Crippen LogP contribution < -0.4 is 10.1 Å². The van der Waals surface area contributed by atoms with E-state index in [1.165, 1.54) is 10.9 Å². The van der Waals surface area contributed by atoms with E-state index in [1.807, 2.05) is 24.3 Å². The van der Waals surface area contributed by atoms with Crippen LogP contribution in [0.1, 0.15) is 18.0 Å². The number of aromatic nitrogens is 2. The molecule has 5 nitrogen and oxygen atoms in total. The van der Waals surface area contributed by atoms with E-state index in [0.29, 0.717) is 6.61 Å². The Bertz CT molecular complexity index is 551. The van der Waals surface area contributed by atoms with Crippen LogP contribution >= 0.6 is 0 Å². The minimum atomic E-state index is -0.172. The van der Waals surface area contributed by atoms with E-state index >= 15 is 0 Å². The number of ether oxygens (including phenoxy) is 1. The molecule has 1 amide bonds. The molecule has 1 N–H and O–H groups in total. The van der Waals surface area contributed by atoms with E-state index in [9.17, 15) is 4.79 Å². The normalized spacial score (nSPS) is 17.7. The van der Waals surface area contributed by atoms with Crippen molar-refractivity contribution < 1.29 is 9.53 Å². The summed E-state index contributed by atoms with van der Waals surface area (Å²) < 4.78 is 6.98. The highest BCUT2D eigenvalue weighted by Crippen LogP contribution is 2.31. The summed E-state index contributed by atoms with van der Waals surface area (Å²) in [5.41, 5.74) is 1.03. The predicted octanol–water partition coefficient (Wildman–Crippen LogP) is 1.96. The number of amides is 1. The lowest BCUT2D eigenvalue weighted by molar-refractivity contribution is 0.224. The number of nitrogens with zero attached hydrogens (tertiary/aromatic N) is 2. The number of hydrogen-bond donors (Lipinski definition) is 1. The van der Waals surface area contributed by atoms with E-state index < -0.39 is 0 Å². The lowest BCUT2D eigenvalue weighted by Gasteiger charge is -2.26. The second kappa shape index (κ2) is 4.52. The van der Waals surface area contributed by atoms with Crippen molar-refractivity contribution in [3.8, 4) is 5.75 Å². The number of hydrogen-bond acceptors (Lipinski definition) is 3. The van der Waals surface area contributed by atoms with Crippen molar-refractivity contribution in [3.63, 3.8) is 0 Å². The molecule has 0 aliphatic carbocycles.